The molecule has 64 valence electrons. The fourth-order valence-corrected chi connectivity index (χ4v) is 0.755. The molecule has 0 aliphatic carbocycles. The molecule has 0 radical (unpaired) electrons. The van der Waals surface area contributed by atoms with Crippen LogP contribution in [0.15, 0.2) is 0 Å². The highest BCUT2D eigenvalue weighted by Gasteiger charge is 2.01. The van der Waals surface area contributed by atoms with Crippen molar-refractivity contribution in [3.63, 3.8) is 0 Å². The number of halogens is 1. The van der Waals surface area contributed by atoms with Crippen LogP contribution in [0.2, 0.25) is 0 Å². The van der Waals surface area contributed by atoms with Gasteiger partial charge in [0.25, 0.3) is 0 Å². The van der Waals surface area contributed by atoms with E-state index >= 15 is 0 Å². The highest BCUT2D eigenvalue weighted by Crippen LogP contribution is 1.78. The Morgan fingerprint density at radius 1 is 1.27 bits per heavy atom. The second-order valence-corrected chi connectivity index (χ2v) is 2.63. The zero-order valence-electron chi connectivity index (χ0n) is 6.32. The van der Waals surface area contributed by atoms with E-state index in [0.717, 1.165) is 0 Å². The van der Waals surface area contributed by atoms with Gasteiger partial charge in [0, 0.05) is 6.54 Å². The summed E-state index contributed by atoms with van der Waals surface area (Å²) in [4.78, 5) is 21.4. The first-order valence-corrected chi connectivity index (χ1v) is 4.82. The van der Waals surface area contributed by atoms with E-state index in [9.17, 15) is 9.59 Å². The van der Waals surface area contributed by atoms with Gasteiger partial charge in [0.2, 0.25) is 11.8 Å². The molecule has 0 rings (SSSR count). The van der Waals surface area contributed by atoms with Gasteiger partial charge in [0.15, 0.2) is 0 Å². The molecule has 0 unspecified atom stereocenters. The van der Waals surface area contributed by atoms with Gasteiger partial charge >= 0.3 is 0 Å². The first kappa shape index (κ1) is 10.7. The number of rotatable bonds is 4. The van der Waals surface area contributed by atoms with Crippen LogP contribution in [0.25, 0.3) is 0 Å². The van der Waals surface area contributed by atoms with E-state index in [0.29, 0.717) is 11.0 Å². The van der Waals surface area contributed by atoms with Gasteiger partial charge in [-0.3, -0.25) is 9.59 Å². The van der Waals surface area contributed by atoms with Crippen LogP contribution in [0, 0.1) is 0 Å². The number of nitrogens with one attached hydrogen (secondary N) is 2. The second kappa shape index (κ2) is 6.38. The van der Waals surface area contributed by atoms with Gasteiger partial charge in [-0.1, -0.05) is 22.6 Å². The molecular formula is C6H11IN2O2. The fourth-order valence-electron chi connectivity index (χ4n) is 0.486. The molecule has 4 nitrogen and oxygen atoms in total. The van der Waals surface area contributed by atoms with Crippen molar-refractivity contribution < 1.29 is 9.59 Å². The standard InChI is InChI=1S/C6H11IN2O2/c1-2-8-6(11)4-9-5(10)3-7/h2-4H2,1H3,(H,8,11)(H,9,10). The number of carbonyl (C=O) groups is 2. The Labute approximate surface area is 79.2 Å². The van der Waals surface area contributed by atoms with Gasteiger partial charge in [-0.25, -0.2) is 0 Å². The molecule has 0 aliphatic rings. The molecule has 0 heterocycles. The Kier molecular flexibility index (Phi) is 6.19. The van der Waals surface area contributed by atoms with Crippen LogP contribution < -0.4 is 10.6 Å². The maximum Gasteiger partial charge on any atom is 0.239 e. The third-order valence-electron chi connectivity index (χ3n) is 0.941. The third-order valence-corrected chi connectivity index (χ3v) is 1.63. The van der Waals surface area contributed by atoms with Crippen molar-refractivity contribution in [1.82, 2.24) is 10.6 Å². The summed E-state index contributed by atoms with van der Waals surface area (Å²) in [5.41, 5.74) is 0. The zero-order valence-corrected chi connectivity index (χ0v) is 8.47. The molecule has 0 bridgehead atoms. The van der Waals surface area contributed by atoms with Crippen LogP contribution in [0.4, 0.5) is 0 Å². The molecular weight excluding hydrogens is 259 g/mol. The molecule has 11 heavy (non-hydrogen) atoms. The minimum absolute atomic E-state index is 0.0790. The molecule has 0 fully saturated rings. The predicted octanol–water partition coefficient (Wildman–Crippen LogP) is -0.326. The van der Waals surface area contributed by atoms with Gasteiger partial charge in [-0.15, -0.1) is 0 Å². The lowest BCUT2D eigenvalue weighted by Gasteiger charge is -2.02. The molecule has 5 heteroatoms. The maximum absolute atomic E-state index is 10.7. The van der Waals surface area contributed by atoms with Crippen LogP contribution in [-0.2, 0) is 9.59 Å². The molecule has 0 saturated carbocycles. The first-order valence-electron chi connectivity index (χ1n) is 3.30. The summed E-state index contributed by atoms with van der Waals surface area (Å²) in [7, 11) is 0. The number of amides is 2. The lowest BCUT2D eigenvalue weighted by atomic mass is 10.5. The van der Waals surface area contributed by atoms with Crippen LogP contribution in [0.3, 0.4) is 0 Å². The summed E-state index contributed by atoms with van der Waals surface area (Å²) in [6, 6.07) is 0. The smallest absolute Gasteiger partial charge is 0.239 e. The number of carbonyl (C=O) groups excluding carboxylic acids is 2. The van der Waals surface area contributed by atoms with Crippen molar-refractivity contribution in [1.29, 1.82) is 0 Å². The second-order valence-electron chi connectivity index (χ2n) is 1.86. The predicted molar refractivity (Wildman–Crippen MR) is 50.6 cm³/mol. The summed E-state index contributed by atoms with van der Waals surface area (Å²) in [6.07, 6.45) is 0. The van der Waals surface area contributed by atoms with Gasteiger partial charge in [-0.05, 0) is 6.92 Å². The molecule has 2 N–H and O–H groups in total. The molecule has 0 aromatic rings. The van der Waals surface area contributed by atoms with Crippen molar-refractivity contribution in [2.45, 2.75) is 6.92 Å². The van der Waals surface area contributed by atoms with Gasteiger partial charge in [0.05, 0.1) is 11.0 Å². The molecule has 0 aliphatic heterocycles. The van der Waals surface area contributed by atoms with Gasteiger partial charge in [0.1, 0.15) is 0 Å². The lowest BCUT2D eigenvalue weighted by Crippen LogP contribution is -2.37. The fraction of sp³-hybridized carbons (Fsp3) is 0.667. The Balaban J connectivity index is 3.38. The average molecular weight is 270 g/mol. The summed E-state index contributed by atoms with van der Waals surface area (Å²) in [5, 5.41) is 5.03. The van der Waals surface area contributed by atoms with E-state index < -0.39 is 0 Å². The highest BCUT2D eigenvalue weighted by atomic mass is 127. The zero-order chi connectivity index (χ0) is 8.69. The van der Waals surface area contributed by atoms with Crippen LogP contribution >= 0.6 is 22.6 Å². The van der Waals surface area contributed by atoms with Crippen LogP contribution in [-0.4, -0.2) is 29.3 Å². The Morgan fingerprint density at radius 2 is 1.91 bits per heavy atom. The van der Waals surface area contributed by atoms with Gasteiger partial charge < -0.3 is 10.6 Å². The summed E-state index contributed by atoms with van der Waals surface area (Å²) in [6.45, 7) is 2.51. The average Bonchev–Trinajstić information content (AvgIpc) is 2.01. The molecule has 0 aromatic carbocycles. The van der Waals surface area contributed by atoms with E-state index in [2.05, 4.69) is 10.6 Å². The van der Waals surface area contributed by atoms with E-state index in [1.165, 1.54) is 0 Å². The Hall–Kier alpha value is -0.330. The number of likely N-dealkylation sites (N-methyl/N-ethyl adjacent to an activating group) is 1. The molecule has 2 amide bonds. The SMILES string of the molecule is CCNC(=O)CNC(=O)CI. The summed E-state index contributed by atoms with van der Waals surface area (Å²) in [5.74, 6) is -0.262. The number of hydrogen-bond donors (Lipinski definition) is 2. The Bertz CT molecular complexity index is 150. The first-order chi connectivity index (χ1) is 5.20. The summed E-state index contributed by atoms with van der Waals surface area (Å²) < 4.78 is 0.386. The monoisotopic (exact) mass is 270 g/mol. The minimum Gasteiger partial charge on any atom is -0.355 e. The van der Waals surface area contributed by atoms with Crippen molar-refractivity contribution >= 4 is 34.4 Å². The van der Waals surface area contributed by atoms with Crippen molar-refractivity contribution in [2.75, 3.05) is 17.5 Å². The molecule has 0 aromatic heterocycles. The molecule has 0 spiro atoms. The minimum atomic E-state index is -0.147. The molecule has 0 saturated heterocycles. The Morgan fingerprint density at radius 3 is 2.36 bits per heavy atom. The molecule has 0 atom stereocenters. The van der Waals surface area contributed by atoms with Crippen molar-refractivity contribution in [3.8, 4) is 0 Å². The number of hydrogen-bond acceptors (Lipinski definition) is 2. The van der Waals surface area contributed by atoms with Crippen LogP contribution in [0.5, 0.6) is 0 Å². The van der Waals surface area contributed by atoms with Gasteiger partial charge in [-0.2, -0.15) is 0 Å². The van der Waals surface area contributed by atoms with E-state index in [-0.39, 0.29) is 18.4 Å². The normalized spacial score (nSPS) is 8.91. The maximum atomic E-state index is 10.7. The van der Waals surface area contributed by atoms with Crippen LogP contribution in [0.1, 0.15) is 6.92 Å². The van der Waals surface area contributed by atoms with Crippen molar-refractivity contribution in [2.24, 2.45) is 0 Å². The van der Waals surface area contributed by atoms with E-state index in [4.69, 9.17) is 0 Å². The lowest BCUT2D eigenvalue weighted by molar-refractivity contribution is -0.124. The van der Waals surface area contributed by atoms with E-state index in [1.54, 1.807) is 0 Å². The quantitative estimate of drug-likeness (QED) is 0.543. The third kappa shape index (κ3) is 6.08. The largest absolute Gasteiger partial charge is 0.355 e. The summed E-state index contributed by atoms with van der Waals surface area (Å²) >= 11 is 1.94. The van der Waals surface area contributed by atoms with E-state index in [1.807, 2.05) is 29.5 Å². The van der Waals surface area contributed by atoms with Crippen molar-refractivity contribution in [3.05, 3.63) is 0 Å². The number of alkyl halides is 1. The topological polar surface area (TPSA) is 58.2 Å². The highest BCUT2D eigenvalue weighted by molar-refractivity contribution is 14.1.